The Morgan fingerprint density at radius 3 is 2.26 bits per heavy atom. The van der Waals surface area contributed by atoms with E-state index in [0.29, 0.717) is 37.4 Å². The van der Waals surface area contributed by atoms with Crippen LogP contribution in [0.2, 0.25) is 0 Å². The lowest BCUT2D eigenvalue weighted by atomic mass is 10.1. The van der Waals surface area contributed by atoms with Crippen LogP contribution in [-0.4, -0.2) is 63.8 Å². The summed E-state index contributed by atoms with van der Waals surface area (Å²) in [6.45, 7) is 2.67. The maximum Gasteiger partial charge on any atom is 0.243 e. The van der Waals surface area contributed by atoms with Gasteiger partial charge in [0, 0.05) is 39.6 Å². The number of rotatable bonds is 8. The van der Waals surface area contributed by atoms with Crippen LogP contribution in [0.3, 0.4) is 0 Å². The van der Waals surface area contributed by atoms with E-state index in [1.165, 1.54) is 0 Å². The Labute approximate surface area is 169 Å². The van der Waals surface area contributed by atoms with Gasteiger partial charge < -0.3 is 10.2 Å². The number of nitrogens with zero attached hydrogens (tertiary/aromatic N) is 2. The number of hydrogen-bond donors (Lipinski definition) is 1. The molecule has 1 aliphatic heterocycles. The molecule has 0 unspecified atom stereocenters. The number of benzene rings is 1. The van der Waals surface area contributed by atoms with Crippen LogP contribution in [0.1, 0.15) is 37.7 Å². The van der Waals surface area contributed by atoms with Gasteiger partial charge >= 0.3 is 0 Å². The van der Waals surface area contributed by atoms with Gasteiger partial charge in [0.1, 0.15) is 0 Å². The smallest absolute Gasteiger partial charge is 0.243 e. The third kappa shape index (κ3) is 7.07. The SMILES string of the molecule is CNCCN(C)C(=O)CCc1ccc(S(=O)(=O)N2CCCCCC2)cc1.Cl. The standard InChI is InChI=1S/C19H31N3O3S.ClH/c1-20-13-16-21(2)19(23)12-9-17-7-10-18(11-8-17)26(24,25)22-14-5-3-4-6-15-22;/h7-8,10-11,20H,3-6,9,12-16H2,1-2H3;1H. The van der Waals surface area contributed by atoms with E-state index >= 15 is 0 Å². The molecule has 0 spiro atoms. The molecular weight excluding hydrogens is 386 g/mol. The summed E-state index contributed by atoms with van der Waals surface area (Å²) in [5, 5.41) is 3.02. The van der Waals surface area contributed by atoms with Crippen molar-refractivity contribution in [3.8, 4) is 0 Å². The number of likely N-dealkylation sites (N-methyl/N-ethyl adjacent to an activating group) is 2. The van der Waals surface area contributed by atoms with Crippen molar-refractivity contribution in [1.29, 1.82) is 0 Å². The highest BCUT2D eigenvalue weighted by Crippen LogP contribution is 2.21. The fourth-order valence-electron chi connectivity index (χ4n) is 3.11. The van der Waals surface area contributed by atoms with Gasteiger partial charge in [-0.25, -0.2) is 8.42 Å². The Kier molecular flexibility index (Phi) is 10.3. The number of aryl methyl sites for hydroxylation is 1. The van der Waals surface area contributed by atoms with Crippen LogP contribution in [0, 0.1) is 0 Å². The predicted octanol–water partition coefficient (Wildman–Crippen LogP) is 2.28. The second-order valence-corrected chi connectivity index (χ2v) is 8.82. The molecule has 1 N–H and O–H groups in total. The maximum atomic E-state index is 12.8. The Morgan fingerprint density at radius 1 is 1.11 bits per heavy atom. The summed E-state index contributed by atoms with van der Waals surface area (Å²) in [7, 11) is 0.257. The minimum absolute atomic E-state index is 0. The van der Waals surface area contributed by atoms with Crippen molar-refractivity contribution in [3.05, 3.63) is 29.8 Å². The Hall–Kier alpha value is -1.15. The average Bonchev–Trinajstić information content (AvgIpc) is 2.94. The molecule has 27 heavy (non-hydrogen) atoms. The zero-order valence-corrected chi connectivity index (χ0v) is 17.9. The Bertz CT molecular complexity index is 672. The minimum atomic E-state index is -3.41. The lowest BCUT2D eigenvalue weighted by molar-refractivity contribution is -0.129. The summed E-state index contributed by atoms with van der Waals surface area (Å²) in [5.74, 6) is 0.0986. The van der Waals surface area contributed by atoms with Gasteiger partial charge in [-0.15, -0.1) is 12.4 Å². The number of halogens is 1. The number of carbonyl (C=O) groups is 1. The average molecular weight is 418 g/mol. The lowest BCUT2D eigenvalue weighted by Crippen LogP contribution is -2.32. The molecule has 8 heteroatoms. The van der Waals surface area contributed by atoms with E-state index in [4.69, 9.17) is 0 Å². The van der Waals surface area contributed by atoms with Crippen molar-refractivity contribution in [1.82, 2.24) is 14.5 Å². The molecule has 0 aromatic heterocycles. The number of carbonyl (C=O) groups excluding carboxylic acids is 1. The fraction of sp³-hybridized carbons (Fsp3) is 0.632. The molecule has 1 saturated heterocycles. The second kappa shape index (κ2) is 11.6. The van der Waals surface area contributed by atoms with Crippen LogP contribution in [-0.2, 0) is 21.2 Å². The summed E-state index contributed by atoms with van der Waals surface area (Å²) >= 11 is 0. The van der Waals surface area contributed by atoms with Gasteiger partial charge in [-0.1, -0.05) is 25.0 Å². The first-order valence-corrected chi connectivity index (χ1v) is 10.9. The first-order valence-electron chi connectivity index (χ1n) is 9.43. The van der Waals surface area contributed by atoms with E-state index in [0.717, 1.165) is 37.8 Å². The van der Waals surface area contributed by atoms with E-state index in [1.54, 1.807) is 28.4 Å². The predicted molar refractivity (Wildman–Crippen MR) is 111 cm³/mol. The molecule has 1 aliphatic rings. The molecule has 0 radical (unpaired) electrons. The summed E-state index contributed by atoms with van der Waals surface area (Å²) in [6.07, 6.45) is 5.11. The molecule has 0 bridgehead atoms. The zero-order valence-electron chi connectivity index (χ0n) is 16.3. The number of amides is 1. The van der Waals surface area contributed by atoms with Crippen molar-refractivity contribution in [3.63, 3.8) is 0 Å². The number of hydrogen-bond acceptors (Lipinski definition) is 4. The van der Waals surface area contributed by atoms with Gasteiger partial charge in [0.25, 0.3) is 0 Å². The van der Waals surface area contributed by atoms with Crippen molar-refractivity contribution in [2.24, 2.45) is 0 Å². The molecule has 1 aromatic carbocycles. The highest BCUT2D eigenvalue weighted by Gasteiger charge is 2.24. The normalized spacial score (nSPS) is 15.6. The van der Waals surface area contributed by atoms with Crippen LogP contribution >= 0.6 is 12.4 Å². The van der Waals surface area contributed by atoms with Crippen molar-refractivity contribution in [2.75, 3.05) is 40.3 Å². The Balaban J connectivity index is 0.00000364. The highest BCUT2D eigenvalue weighted by molar-refractivity contribution is 7.89. The first kappa shape index (κ1) is 23.9. The van der Waals surface area contributed by atoms with Crippen LogP contribution in [0.5, 0.6) is 0 Å². The zero-order chi connectivity index (χ0) is 19.0. The van der Waals surface area contributed by atoms with Gasteiger partial charge in [0.2, 0.25) is 15.9 Å². The molecule has 6 nitrogen and oxygen atoms in total. The maximum absolute atomic E-state index is 12.8. The van der Waals surface area contributed by atoms with Crippen molar-refractivity contribution >= 4 is 28.3 Å². The van der Waals surface area contributed by atoms with Gasteiger partial charge in [-0.2, -0.15) is 4.31 Å². The molecule has 2 rings (SSSR count). The molecule has 0 aliphatic carbocycles. The molecule has 0 saturated carbocycles. The van der Waals surface area contributed by atoms with Crippen LogP contribution < -0.4 is 5.32 Å². The van der Waals surface area contributed by atoms with Gasteiger partial charge in [0.15, 0.2) is 0 Å². The van der Waals surface area contributed by atoms with E-state index in [2.05, 4.69) is 5.32 Å². The summed E-state index contributed by atoms with van der Waals surface area (Å²) < 4.78 is 27.1. The third-order valence-electron chi connectivity index (χ3n) is 4.88. The number of sulfonamides is 1. The molecular formula is C19H32ClN3O3S. The molecule has 154 valence electrons. The lowest BCUT2D eigenvalue weighted by Gasteiger charge is -2.20. The first-order chi connectivity index (χ1) is 12.4. The molecule has 1 heterocycles. The quantitative estimate of drug-likeness (QED) is 0.704. The minimum Gasteiger partial charge on any atom is -0.344 e. The van der Waals surface area contributed by atoms with E-state index in [-0.39, 0.29) is 18.3 Å². The Morgan fingerprint density at radius 2 is 1.70 bits per heavy atom. The second-order valence-electron chi connectivity index (χ2n) is 6.88. The van der Waals surface area contributed by atoms with Crippen molar-refractivity contribution in [2.45, 2.75) is 43.4 Å². The summed E-state index contributed by atoms with van der Waals surface area (Å²) in [4.78, 5) is 14.1. The summed E-state index contributed by atoms with van der Waals surface area (Å²) in [5.41, 5.74) is 0.982. The monoisotopic (exact) mass is 417 g/mol. The topological polar surface area (TPSA) is 69.7 Å². The highest BCUT2D eigenvalue weighted by atomic mass is 35.5. The van der Waals surface area contributed by atoms with Crippen LogP contribution in [0.25, 0.3) is 0 Å². The molecule has 1 amide bonds. The fourth-order valence-corrected chi connectivity index (χ4v) is 4.62. The van der Waals surface area contributed by atoms with Crippen LogP contribution in [0.4, 0.5) is 0 Å². The van der Waals surface area contributed by atoms with Gasteiger partial charge in [0.05, 0.1) is 4.90 Å². The van der Waals surface area contributed by atoms with Crippen LogP contribution in [0.15, 0.2) is 29.2 Å². The summed E-state index contributed by atoms with van der Waals surface area (Å²) in [6, 6.07) is 6.99. The van der Waals surface area contributed by atoms with Gasteiger partial charge in [-0.3, -0.25) is 4.79 Å². The molecule has 1 aromatic rings. The number of nitrogens with one attached hydrogen (secondary N) is 1. The van der Waals surface area contributed by atoms with E-state index in [9.17, 15) is 13.2 Å². The van der Waals surface area contributed by atoms with E-state index < -0.39 is 10.0 Å². The van der Waals surface area contributed by atoms with E-state index in [1.807, 2.05) is 19.2 Å². The van der Waals surface area contributed by atoms with Crippen molar-refractivity contribution < 1.29 is 13.2 Å². The molecule has 1 fully saturated rings. The third-order valence-corrected chi connectivity index (χ3v) is 6.79. The molecule has 0 atom stereocenters. The largest absolute Gasteiger partial charge is 0.344 e. The van der Waals surface area contributed by atoms with Gasteiger partial charge in [-0.05, 0) is 44.0 Å².